The van der Waals surface area contributed by atoms with Gasteiger partial charge in [-0.15, -0.1) is 0 Å². The van der Waals surface area contributed by atoms with Crippen LogP contribution in [0.3, 0.4) is 0 Å². The lowest BCUT2D eigenvalue weighted by Gasteiger charge is -2.30. The number of hydrogen-bond acceptors (Lipinski definition) is 6. The van der Waals surface area contributed by atoms with Crippen molar-refractivity contribution in [1.82, 2.24) is 4.98 Å². The minimum atomic E-state index is -0.774. The van der Waals surface area contributed by atoms with Gasteiger partial charge in [-0.1, -0.05) is 23.4 Å². The molecule has 1 aliphatic rings. The van der Waals surface area contributed by atoms with E-state index in [0.29, 0.717) is 22.8 Å². The highest BCUT2D eigenvalue weighted by molar-refractivity contribution is 8.13. The second-order valence-electron chi connectivity index (χ2n) is 6.19. The van der Waals surface area contributed by atoms with Crippen LogP contribution in [0.4, 0.5) is 10.1 Å². The van der Waals surface area contributed by atoms with Crippen molar-refractivity contribution in [3.05, 3.63) is 52.4 Å². The van der Waals surface area contributed by atoms with Gasteiger partial charge in [0.15, 0.2) is 5.17 Å². The number of amidine groups is 1. The van der Waals surface area contributed by atoms with E-state index in [1.807, 2.05) is 6.92 Å². The first-order valence-electron chi connectivity index (χ1n) is 8.12. The average molecular weight is 409 g/mol. The molecule has 0 saturated heterocycles. The highest BCUT2D eigenvalue weighted by Crippen LogP contribution is 2.37. The van der Waals surface area contributed by atoms with Crippen molar-refractivity contribution < 1.29 is 13.9 Å². The lowest BCUT2D eigenvalue weighted by molar-refractivity contribution is 0.102. The number of rotatable bonds is 4. The molecule has 0 spiro atoms. The fraction of sp³-hybridized carbons (Fsp3) is 0.278. The quantitative estimate of drug-likeness (QED) is 0.751. The summed E-state index contributed by atoms with van der Waals surface area (Å²) in [4.78, 5) is 20.9. The van der Waals surface area contributed by atoms with Crippen LogP contribution in [-0.4, -0.2) is 28.9 Å². The lowest BCUT2D eigenvalue weighted by Crippen LogP contribution is -2.29. The number of hydrogen-bond donors (Lipinski definition) is 2. The third-order valence-corrected chi connectivity index (χ3v) is 5.23. The van der Waals surface area contributed by atoms with Crippen LogP contribution in [0.1, 0.15) is 29.3 Å². The van der Waals surface area contributed by atoms with Gasteiger partial charge in [-0.25, -0.2) is 9.37 Å². The van der Waals surface area contributed by atoms with Crippen LogP contribution in [0.25, 0.3) is 0 Å². The Hall–Kier alpha value is -2.32. The molecule has 3 rings (SSSR count). The maximum atomic E-state index is 14.5. The molecule has 1 unspecified atom stereocenters. The van der Waals surface area contributed by atoms with E-state index in [-0.39, 0.29) is 16.6 Å². The van der Waals surface area contributed by atoms with Crippen LogP contribution >= 0.6 is 23.4 Å². The van der Waals surface area contributed by atoms with Gasteiger partial charge in [0.25, 0.3) is 5.91 Å². The summed E-state index contributed by atoms with van der Waals surface area (Å²) in [5.74, 6) is 0.163. The molecule has 3 N–H and O–H groups in total. The summed E-state index contributed by atoms with van der Waals surface area (Å²) in [5.41, 5.74) is 6.15. The number of benzene rings is 1. The van der Waals surface area contributed by atoms with E-state index < -0.39 is 17.3 Å². The van der Waals surface area contributed by atoms with Gasteiger partial charge < -0.3 is 15.8 Å². The summed E-state index contributed by atoms with van der Waals surface area (Å²) in [5, 5.41) is 3.30. The maximum absolute atomic E-state index is 14.5. The predicted molar refractivity (Wildman–Crippen MR) is 106 cm³/mol. The summed E-state index contributed by atoms with van der Waals surface area (Å²) < 4.78 is 19.5. The fourth-order valence-electron chi connectivity index (χ4n) is 2.81. The molecular formula is C18H18ClFN4O2S. The van der Waals surface area contributed by atoms with Crippen LogP contribution in [0.5, 0.6) is 5.88 Å². The Balaban J connectivity index is 1.90. The largest absolute Gasteiger partial charge is 0.481 e. The Bertz CT molecular complexity index is 924. The molecule has 1 aromatic heterocycles. The summed E-state index contributed by atoms with van der Waals surface area (Å²) in [7, 11) is 1.43. The zero-order chi connectivity index (χ0) is 19.6. The summed E-state index contributed by atoms with van der Waals surface area (Å²) in [6, 6.07) is 7.28. The predicted octanol–water partition coefficient (Wildman–Crippen LogP) is 3.80. The number of nitrogens with one attached hydrogen (secondary N) is 1. The summed E-state index contributed by atoms with van der Waals surface area (Å²) in [6.07, 6.45) is 0.643. The zero-order valence-corrected chi connectivity index (χ0v) is 16.3. The third kappa shape index (κ3) is 4.33. The molecule has 1 aliphatic heterocycles. The van der Waals surface area contributed by atoms with Crippen LogP contribution < -0.4 is 15.8 Å². The molecule has 2 heterocycles. The van der Waals surface area contributed by atoms with Gasteiger partial charge in [-0.3, -0.25) is 9.79 Å². The molecule has 9 heteroatoms. The van der Waals surface area contributed by atoms with Crippen LogP contribution in [0.15, 0.2) is 35.3 Å². The Morgan fingerprint density at radius 2 is 2.19 bits per heavy atom. The number of methoxy groups -OCH3 is 1. The number of aliphatic imine (C=N–C) groups is 1. The first-order valence-corrected chi connectivity index (χ1v) is 9.48. The average Bonchev–Trinajstić information content (AvgIpc) is 2.62. The van der Waals surface area contributed by atoms with Gasteiger partial charge in [-0.05, 0) is 37.6 Å². The van der Waals surface area contributed by atoms with Crippen molar-refractivity contribution in [1.29, 1.82) is 0 Å². The number of ether oxygens (including phenoxy) is 1. The molecule has 0 saturated carbocycles. The van der Waals surface area contributed by atoms with E-state index in [1.165, 1.54) is 43.1 Å². The second kappa shape index (κ2) is 7.74. The minimum absolute atomic E-state index is 0.135. The Morgan fingerprint density at radius 3 is 2.89 bits per heavy atom. The first kappa shape index (κ1) is 19.4. The number of carbonyl (C=O) groups is 1. The second-order valence-corrected chi connectivity index (χ2v) is 7.69. The number of pyridine rings is 1. The number of nitrogens with zero attached hydrogens (tertiary/aromatic N) is 2. The van der Waals surface area contributed by atoms with Crippen molar-refractivity contribution in [2.75, 3.05) is 18.2 Å². The Labute approximate surface area is 165 Å². The molecule has 0 radical (unpaired) electrons. The molecule has 142 valence electrons. The fourth-order valence-corrected chi connectivity index (χ4v) is 3.98. The normalized spacial score (nSPS) is 19.3. The summed E-state index contributed by atoms with van der Waals surface area (Å²) in [6.45, 7) is 1.83. The van der Waals surface area contributed by atoms with Gasteiger partial charge in [-0.2, -0.15) is 0 Å². The number of amides is 1. The molecule has 2 aromatic rings. The van der Waals surface area contributed by atoms with Gasteiger partial charge in [0.2, 0.25) is 5.88 Å². The van der Waals surface area contributed by atoms with Crippen molar-refractivity contribution in [2.24, 2.45) is 10.7 Å². The monoisotopic (exact) mass is 408 g/mol. The maximum Gasteiger partial charge on any atom is 0.255 e. The van der Waals surface area contributed by atoms with Gasteiger partial charge >= 0.3 is 0 Å². The topological polar surface area (TPSA) is 89.6 Å². The van der Waals surface area contributed by atoms with E-state index >= 15 is 0 Å². The zero-order valence-electron chi connectivity index (χ0n) is 14.8. The lowest BCUT2D eigenvalue weighted by atomic mass is 9.89. The number of halogens is 2. The smallest absolute Gasteiger partial charge is 0.255 e. The van der Waals surface area contributed by atoms with E-state index in [0.717, 1.165) is 5.75 Å². The molecule has 0 fully saturated rings. The molecule has 0 aliphatic carbocycles. The van der Waals surface area contributed by atoms with Crippen molar-refractivity contribution in [3.8, 4) is 5.88 Å². The van der Waals surface area contributed by atoms with Crippen LogP contribution in [0, 0.1) is 5.82 Å². The molecule has 1 amide bonds. The molecule has 6 nitrogen and oxygen atoms in total. The van der Waals surface area contributed by atoms with E-state index in [9.17, 15) is 9.18 Å². The molecule has 1 aromatic carbocycles. The number of anilines is 1. The van der Waals surface area contributed by atoms with E-state index in [2.05, 4.69) is 15.3 Å². The minimum Gasteiger partial charge on any atom is -0.481 e. The molecule has 1 atom stereocenters. The highest BCUT2D eigenvalue weighted by atomic mass is 35.5. The van der Waals surface area contributed by atoms with Crippen molar-refractivity contribution in [2.45, 2.75) is 18.9 Å². The van der Waals surface area contributed by atoms with Gasteiger partial charge in [0, 0.05) is 28.6 Å². The number of aromatic nitrogens is 1. The molecule has 27 heavy (non-hydrogen) atoms. The third-order valence-electron chi connectivity index (χ3n) is 4.24. The number of carbonyl (C=O) groups excluding carboxylic acids is 1. The summed E-state index contributed by atoms with van der Waals surface area (Å²) >= 11 is 7.35. The number of nitrogens with two attached hydrogens (primary N) is 1. The SMILES string of the molecule is COc1cc(C(=O)Nc2ccc(F)c(C3(C)CCSC(N)=N3)c2)cc(Cl)n1. The van der Waals surface area contributed by atoms with E-state index in [4.69, 9.17) is 22.1 Å². The van der Waals surface area contributed by atoms with Crippen LogP contribution in [0.2, 0.25) is 5.15 Å². The van der Waals surface area contributed by atoms with E-state index in [1.54, 1.807) is 6.07 Å². The van der Waals surface area contributed by atoms with Crippen LogP contribution in [-0.2, 0) is 5.54 Å². The first-order chi connectivity index (χ1) is 12.8. The van der Waals surface area contributed by atoms with Gasteiger partial charge in [0.1, 0.15) is 11.0 Å². The van der Waals surface area contributed by atoms with Crippen molar-refractivity contribution in [3.63, 3.8) is 0 Å². The Morgan fingerprint density at radius 1 is 1.41 bits per heavy atom. The van der Waals surface area contributed by atoms with Gasteiger partial charge in [0.05, 0.1) is 12.6 Å². The Kier molecular flexibility index (Phi) is 5.57. The molecular weight excluding hydrogens is 391 g/mol. The standard InChI is InChI=1S/C18H18ClFN4O2S/c1-18(5-6-27-17(21)24-18)12-9-11(3-4-13(12)20)22-16(25)10-7-14(19)23-15(8-10)26-2/h3-4,7-9H,5-6H2,1-2H3,(H2,21,24)(H,22,25). The number of thioether (sulfide) groups is 1. The van der Waals surface area contributed by atoms with Crippen molar-refractivity contribution >= 4 is 40.1 Å². The molecule has 0 bridgehead atoms. The highest BCUT2D eigenvalue weighted by Gasteiger charge is 2.32.